The van der Waals surface area contributed by atoms with Gasteiger partial charge in [-0.2, -0.15) is 4.98 Å². The highest BCUT2D eigenvalue weighted by atomic mass is 19.1. The first-order valence-electron chi connectivity index (χ1n) is 11.0. The lowest BCUT2D eigenvalue weighted by molar-refractivity contribution is 0.0664. The molecule has 0 radical (unpaired) electrons. The second-order valence-corrected chi connectivity index (χ2v) is 8.06. The zero-order valence-electron chi connectivity index (χ0n) is 19.4. The van der Waals surface area contributed by atoms with Crippen molar-refractivity contribution in [2.45, 2.75) is 0 Å². The van der Waals surface area contributed by atoms with E-state index >= 15 is 0 Å². The number of benzene rings is 2. The van der Waals surface area contributed by atoms with Crippen molar-refractivity contribution in [2.24, 2.45) is 5.73 Å². The first-order chi connectivity index (χ1) is 16.9. The minimum absolute atomic E-state index is 0.0127. The van der Waals surface area contributed by atoms with Crippen molar-refractivity contribution in [3.8, 4) is 5.75 Å². The molecule has 4 rings (SSSR count). The number of nitrogens with two attached hydrogens (primary N) is 1. The highest BCUT2D eigenvalue weighted by Crippen LogP contribution is 2.31. The van der Waals surface area contributed by atoms with Gasteiger partial charge in [0.05, 0.1) is 24.6 Å². The van der Waals surface area contributed by atoms with Crippen LogP contribution < -0.4 is 21.1 Å². The first kappa shape index (κ1) is 23.9. The third-order valence-corrected chi connectivity index (χ3v) is 5.66. The van der Waals surface area contributed by atoms with Crippen molar-refractivity contribution in [1.82, 2.24) is 19.8 Å². The molecule has 1 aliphatic heterocycles. The van der Waals surface area contributed by atoms with Crippen LogP contribution in [-0.2, 0) is 0 Å². The number of amides is 2. The topological polar surface area (TPSA) is 126 Å². The maximum atomic E-state index is 14.4. The van der Waals surface area contributed by atoms with Crippen LogP contribution in [0.25, 0.3) is 0 Å². The molecule has 35 heavy (non-hydrogen) atoms. The molecule has 2 amide bonds. The fourth-order valence-electron chi connectivity index (χ4n) is 3.71. The zero-order chi connectivity index (χ0) is 24.9. The second-order valence-electron chi connectivity index (χ2n) is 8.06. The lowest BCUT2D eigenvalue weighted by Gasteiger charge is -2.32. The van der Waals surface area contributed by atoms with Gasteiger partial charge in [-0.05, 0) is 43.4 Å². The third-order valence-electron chi connectivity index (χ3n) is 5.66. The van der Waals surface area contributed by atoms with Crippen LogP contribution in [0.3, 0.4) is 0 Å². The Morgan fingerprint density at radius 2 is 1.77 bits per heavy atom. The van der Waals surface area contributed by atoms with Crippen molar-refractivity contribution >= 4 is 35.0 Å². The minimum Gasteiger partial charge on any atom is -0.494 e. The number of halogens is 1. The molecular weight excluding hydrogens is 453 g/mol. The average Bonchev–Trinajstić information content (AvgIpc) is 2.86. The number of hydrogen-bond acceptors (Lipinski definition) is 8. The molecule has 2 aromatic carbocycles. The number of aromatic nitrogens is 2. The van der Waals surface area contributed by atoms with Gasteiger partial charge >= 0.3 is 0 Å². The number of ether oxygens (including phenoxy) is 1. The summed E-state index contributed by atoms with van der Waals surface area (Å²) in [5.74, 6) is -1.20. The zero-order valence-corrected chi connectivity index (χ0v) is 19.4. The van der Waals surface area contributed by atoms with Gasteiger partial charge in [0.2, 0.25) is 5.95 Å². The van der Waals surface area contributed by atoms with Gasteiger partial charge in [0.15, 0.2) is 17.4 Å². The highest BCUT2D eigenvalue weighted by molar-refractivity contribution is 5.98. The predicted molar refractivity (Wildman–Crippen MR) is 130 cm³/mol. The molecule has 0 bridgehead atoms. The predicted octanol–water partition coefficient (Wildman–Crippen LogP) is 2.60. The molecule has 0 spiro atoms. The van der Waals surface area contributed by atoms with E-state index in [1.165, 1.54) is 13.2 Å². The lowest BCUT2D eigenvalue weighted by atomic mass is 10.1. The van der Waals surface area contributed by atoms with Crippen molar-refractivity contribution in [3.05, 3.63) is 65.6 Å². The van der Waals surface area contributed by atoms with E-state index in [-0.39, 0.29) is 29.0 Å². The summed E-state index contributed by atoms with van der Waals surface area (Å²) < 4.78 is 19.7. The molecule has 1 saturated heterocycles. The fraction of sp³-hybridized carbons (Fsp3) is 0.250. The van der Waals surface area contributed by atoms with Crippen LogP contribution in [0.1, 0.15) is 20.7 Å². The average molecular weight is 480 g/mol. The maximum absolute atomic E-state index is 14.4. The minimum atomic E-state index is -0.699. The Hall–Kier alpha value is -4.25. The largest absolute Gasteiger partial charge is 0.494 e. The van der Waals surface area contributed by atoms with Crippen LogP contribution in [0.4, 0.5) is 27.5 Å². The van der Waals surface area contributed by atoms with Crippen LogP contribution in [0.5, 0.6) is 5.75 Å². The van der Waals surface area contributed by atoms with Crippen LogP contribution >= 0.6 is 0 Å². The molecule has 1 fully saturated rings. The van der Waals surface area contributed by atoms with E-state index in [1.807, 2.05) is 11.9 Å². The van der Waals surface area contributed by atoms with Crippen LogP contribution in [-0.4, -0.2) is 71.9 Å². The Kier molecular flexibility index (Phi) is 7.06. The van der Waals surface area contributed by atoms with Gasteiger partial charge < -0.3 is 30.9 Å². The Morgan fingerprint density at radius 3 is 2.43 bits per heavy atom. The molecular formula is C24H26FN7O3. The number of carbonyl (C=O) groups excluding carboxylic acids is 2. The number of likely N-dealkylation sites (N-methyl/N-ethyl adjacent to an activating group) is 1. The molecule has 11 heteroatoms. The van der Waals surface area contributed by atoms with E-state index in [2.05, 4.69) is 25.5 Å². The number of primary amides is 1. The molecule has 10 nitrogen and oxygen atoms in total. The summed E-state index contributed by atoms with van der Waals surface area (Å²) in [6.07, 6.45) is 1.02. The summed E-state index contributed by atoms with van der Waals surface area (Å²) in [4.78, 5) is 36.6. The summed E-state index contributed by atoms with van der Waals surface area (Å²) in [5.41, 5.74) is 7.07. The van der Waals surface area contributed by atoms with Crippen LogP contribution in [0, 0.1) is 5.82 Å². The van der Waals surface area contributed by atoms with E-state index in [0.29, 0.717) is 30.0 Å². The molecule has 2 heterocycles. The Labute approximate surface area is 201 Å². The number of anilines is 4. The molecule has 1 aliphatic rings. The van der Waals surface area contributed by atoms with E-state index < -0.39 is 11.7 Å². The Bertz CT molecular complexity index is 1230. The Morgan fingerprint density at radius 1 is 1.06 bits per heavy atom. The standard InChI is InChI=1S/C24H26FN7O3/c1-31-10-12-32(13-11-31)23(34)15-6-8-16(9-7-15)28-24-27-14-18(25)22(30-24)29-19-5-3-4-17(21(26)33)20(19)35-2/h3-9,14H,10-13H2,1-2H3,(H2,26,33)(H2,27,28,29,30). The van der Waals surface area contributed by atoms with Crippen molar-refractivity contribution < 1.29 is 18.7 Å². The molecule has 4 N–H and O–H groups in total. The maximum Gasteiger partial charge on any atom is 0.253 e. The quantitative estimate of drug-likeness (QED) is 0.472. The summed E-state index contributed by atoms with van der Waals surface area (Å²) in [6, 6.07) is 11.6. The highest BCUT2D eigenvalue weighted by Gasteiger charge is 2.20. The third kappa shape index (κ3) is 5.46. The molecule has 0 unspecified atom stereocenters. The number of rotatable bonds is 7. The molecule has 0 atom stereocenters. The van der Waals surface area contributed by atoms with E-state index in [4.69, 9.17) is 10.5 Å². The summed E-state index contributed by atoms with van der Waals surface area (Å²) in [7, 11) is 3.42. The number of carbonyl (C=O) groups is 2. The summed E-state index contributed by atoms with van der Waals surface area (Å²) in [6.45, 7) is 3.09. The molecule has 3 aromatic rings. The molecule has 0 saturated carbocycles. The first-order valence-corrected chi connectivity index (χ1v) is 11.0. The van der Waals surface area contributed by atoms with Gasteiger partial charge in [0, 0.05) is 37.4 Å². The SMILES string of the molecule is COc1c(Nc2nc(Nc3ccc(C(=O)N4CCN(C)CC4)cc3)ncc2F)cccc1C(N)=O. The summed E-state index contributed by atoms with van der Waals surface area (Å²) in [5, 5.41) is 5.83. The molecule has 0 aliphatic carbocycles. The summed E-state index contributed by atoms with van der Waals surface area (Å²) >= 11 is 0. The monoisotopic (exact) mass is 479 g/mol. The van der Waals surface area contributed by atoms with Gasteiger partial charge in [-0.3, -0.25) is 9.59 Å². The van der Waals surface area contributed by atoms with E-state index in [9.17, 15) is 14.0 Å². The van der Waals surface area contributed by atoms with Gasteiger partial charge in [0.1, 0.15) is 0 Å². The van der Waals surface area contributed by atoms with Crippen LogP contribution in [0.2, 0.25) is 0 Å². The molecule has 182 valence electrons. The fourth-order valence-corrected chi connectivity index (χ4v) is 3.71. The van der Waals surface area contributed by atoms with E-state index in [0.717, 1.165) is 19.3 Å². The number of nitrogens with one attached hydrogen (secondary N) is 2. The normalized spacial score (nSPS) is 13.9. The number of piperazine rings is 1. The van der Waals surface area contributed by atoms with E-state index in [1.54, 1.807) is 36.4 Å². The number of methoxy groups -OCH3 is 1. The number of hydrogen-bond donors (Lipinski definition) is 3. The lowest BCUT2D eigenvalue weighted by Crippen LogP contribution is -2.47. The van der Waals surface area contributed by atoms with Gasteiger partial charge in [0.25, 0.3) is 11.8 Å². The second kappa shape index (κ2) is 10.3. The smallest absolute Gasteiger partial charge is 0.253 e. The van der Waals surface area contributed by atoms with Gasteiger partial charge in [-0.25, -0.2) is 9.37 Å². The molecule has 1 aromatic heterocycles. The van der Waals surface area contributed by atoms with Gasteiger partial charge in [-0.15, -0.1) is 0 Å². The number of para-hydroxylation sites is 1. The van der Waals surface area contributed by atoms with Crippen molar-refractivity contribution in [1.29, 1.82) is 0 Å². The van der Waals surface area contributed by atoms with Crippen LogP contribution in [0.15, 0.2) is 48.7 Å². The van der Waals surface area contributed by atoms with Crippen molar-refractivity contribution in [3.63, 3.8) is 0 Å². The van der Waals surface area contributed by atoms with Crippen molar-refractivity contribution in [2.75, 3.05) is 51.0 Å². The Balaban J connectivity index is 1.48. The number of nitrogens with zero attached hydrogens (tertiary/aromatic N) is 4. The van der Waals surface area contributed by atoms with Gasteiger partial charge in [-0.1, -0.05) is 6.07 Å².